The van der Waals surface area contributed by atoms with E-state index in [1.165, 1.54) is 0 Å². The normalized spacial score (nSPS) is 10.2. The maximum Gasteiger partial charge on any atom is 0.225 e. The van der Waals surface area contributed by atoms with Gasteiger partial charge in [-0.2, -0.15) is 5.10 Å². The molecule has 0 saturated carbocycles. The zero-order chi connectivity index (χ0) is 8.97. The van der Waals surface area contributed by atoms with Crippen LogP contribution in [0.3, 0.4) is 0 Å². The molecule has 0 aliphatic heterocycles. The number of anilines is 1. The van der Waals surface area contributed by atoms with Crippen LogP contribution in [0.25, 0.3) is 0 Å². The summed E-state index contributed by atoms with van der Waals surface area (Å²) in [6.45, 7) is 4.01. The molecule has 4 heteroatoms. The highest BCUT2D eigenvalue weighted by molar-refractivity contribution is 5.89. The molecule has 0 aliphatic rings. The summed E-state index contributed by atoms with van der Waals surface area (Å²) in [5, 5.41) is 9.07. The van der Waals surface area contributed by atoms with E-state index in [9.17, 15) is 4.79 Å². The third kappa shape index (κ3) is 2.74. The fourth-order valence-electron chi connectivity index (χ4n) is 0.898. The molecule has 2 N–H and O–H groups in total. The van der Waals surface area contributed by atoms with Crippen LogP contribution >= 0.6 is 0 Å². The van der Waals surface area contributed by atoms with Crippen molar-refractivity contribution in [1.82, 2.24) is 10.2 Å². The molecule has 1 heterocycles. The Bertz CT molecular complexity index is 241. The van der Waals surface area contributed by atoms with Crippen LogP contribution in [-0.4, -0.2) is 16.1 Å². The summed E-state index contributed by atoms with van der Waals surface area (Å²) >= 11 is 0. The van der Waals surface area contributed by atoms with Gasteiger partial charge in [-0.05, 0) is 5.92 Å². The number of rotatable bonds is 3. The first-order valence-corrected chi connectivity index (χ1v) is 3.97. The number of carbonyl (C=O) groups excluding carboxylic acids is 1. The lowest BCUT2D eigenvalue weighted by molar-refractivity contribution is -0.116. The first kappa shape index (κ1) is 8.77. The van der Waals surface area contributed by atoms with Crippen LogP contribution in [0.4, 0.5) is 5.82 Å². The summed E-state index contributed by atoms with van der Waals surface area (Å²) in [6.07, 6.45) is 2.14. The molecule has 0 atom stereocenters. The van der Waals surface area contributed by atoms with Crippen molar-refractivity contribution in [3.63, 3.8) is 0 Å². The molecule has 1 amide bonds. The number of nitrogens with one attached hydrogen (secondary N) is 2. The van der Waals surface area contributed by atoms with Gasteiger partial charge in [0.05, 0.1) is 6.20 Å². The number of H-pyrrole nitrogens is 1. The van der Waals surface area contributed by atoms with Crippen molar-refractivity contribution in [1.29, 1.82) is 0 Å². The summed E-state index contributed by atoms with van der Waals surface area (Å²) in [7, 11) is 0. The number of hydrogen-bond acceptors (Lipinski definition) is 2. The monoisotopic (exact) mass is 167 g/mol. The zero-order valence-corrected chi connectivity index (χ0v) is 7.29. The minimum atomic E-state index is 0.0225. The summed E-state index contributed by atoms with van der Waals surface area (Å²) in [4.78, 5) is 11.2. The van der Waals surface area contributed by atoms with E-state index in [0.717, 1.165) is 0 Å². The Kier molecular flexibility index (Phi) is 2.85. The molecule has 66 valence electrons. The van der Waals surface area contributed by atoms with Crippen molar-refractivity contribution in [2.24, 2.45) is 5.92 Å². The van der Waals surface area contributed by atoms with E-state index < -0.39 is 0 Å². The van der Waals surface area contributed by atoms with Gasteiger partial charge in [0, 0.05) is 12.5 Å². The molecule has 1 aromatic heterocycles. The van der Waals surface area contributed by atoms with E-state index in [1.807, 2.05) is 13.8 Å². The van der Waals surface area contributed by atoms with E-state index in [4.69, 9.17) is 0 Å². The number of amides is 1. The Hall–Kier alpha value is -1.32. The second-order valence-corrected chi connectivity index (χ2v) is 3.12. The Morgan fingerprint density at radius 1 is 1.75 bits per heavy atom. The number of aromatic nitrogens is 2. The average Bonchev–Trinajstić information content (AvgIpc) is 2.37. The Balaban J connectivity index is 2.37. The van der Waals surface area contributed by atoms with Gasteiger partial charge in [-0.1, -0.05) is 13.8 Å². The summed E-state index contributed by atoms with van der Waals surface area (Å²) in [5.41, 5.74) is 0. The lowest BCUT2D eigenvalue weighted by atomic mass is 10.1. The van der Waals surface area contributed by atoms with Crippen LogP contribution in [0.5, 0.6) is 0 Å². The highest BCUT2D eigenvalue weighted by atomic mass is 16.1. The van der Waals surface area contributed by atoms with Crippen LogP contribution in [-0.2, 0) is 4.79 Å². The molecule has 1 rings (SSSR count). The SMILES string of the molecule is CC(C)CC(=O)Nc1ccn[nH]1. The lowest BCUT2D eigenvalue weighted by Crippen LogP contribution is -2.13. The van der Waals surface area contributed by atoms with Gasteiger partial charge >= 0.3 is 0 Å². The fourth-order valence-corrected chi connectivity index (χ4v) is 0.898. The van der Waals surface area contributed by atoms with Gasteiger partial charge in [0.2, 0.25) is 5.91 Å². The van der Waals surface area contributed by atoms with Crippen molar-refractivity contribution >= 4 is 11.7 Å². The minimum absolute atomic E-state index is 0.0225. The van der Waals surface area contributed by atoms with Gasteiger partial charge in [-0.15, -0.1) is 0 Å². The molecule has 0 fully saturated rings. The van der Waals surface area contributed by atoms with Gasteiger partial charge in [0.25, 0.3) is 0 Å². The molecule has 1 aromatic rings. The Morgan fingerprint density at radius 2 is 2.50 bits per heavy atom. The van der Waals surface area contributed by atoms with Crippen molar-refractivity contribution in [3.8, 4) is 0 Å². The second kappa shape index (κ2) is 3.90. The van der Waals surface area contributed by atoms with E-state index in [1.54, 1.807) is 12.3 Å². The first-order chi connectivity index (χ1) is 5.68. The average molecular weight is 167 g/mol. The fraction of sp³-hybridized carbons (Fsp3) is 0.500. The van der Waals surface area contributed by atoms with E-state index in [2.05, 4.69) is 15.5 Å². The molecule has 0 aliphatic carbocycles. The van der Waals surface area contributed by atoms with E-state index in [-0.39, 0.29) is 5.91 Å². The number of carbonyl (C=O) groups is 1. The highest BCUT2D eigenvalue weighted by Gasteiger charge is 2.04. The molecule has 0 unspecified atom stereocenters. The zero-order valence-electron chi connectivity index (χ0n) is 7.29. The molecule has 0 saturated heterocycles. The lowest BCUT2D eigenvalue weighted by Gasteiger charge is -2.03. The van der Waals surface area contributed by atoms with Crippen molar-refractivity contribution in [2.75, 3.05) is 5.32 Å². The third-order valence-electron chi connectivity index (χ3n) is 1.37. The molecular weight excluding hydrogens is 154 g/mol. The van der Waals surface area contributed by atoms with Gasteiger partial charge in [-0.3, -0.25) is 9.89 Å². The maximum atomic E-state index is 11.2. The van der Waals surface area contributed by atoms with E-state index >= 15 is 0 Å². The van der Waals surface area contributed by atoms with Crippen molar-refractivity contribution in [2.45, 2.75) is 20.3 Å². The predicted molar refractivity (Wildman–Crippen MR) is 46.7 cm³/mol. The van der Waals surface area contributed by atoms with Gasteiger partial charge in [0.15, 0.2) is 0 Å². The molecule has 12 heavy (non-hydrogen) atoms. The highest BCUT2D eigenvalue weighted by Crippen LogP contribution is 2.03. The number of aromatic amines is 1. The molecule has 0 aromatic carbocycles. The molecule has 0 spiro atoms. The van der Waals surface area contributed by atoms with Gasteiger partial charge in [-0.25, -0.2) is 0 Å². The number of hydrogen-bond donors (Lipinski definition) is 2. The van der Waals surface area contributed by atoms with E-state index in [0.29, 0.717) is 18.2 Å². The van der Waals surface area contributed by atoms with Crippen LogP contribution in [0.1, 0.15) is 20.3 Å². The third-order valence-corrected chi connectivity index (χ3v) is 1.37. The predicted octanol–water partition coefficient (Wildman–Crippen LogP) is 1.39. The second-order valence-electron chi connectivity index (χ2n) is 3.12. The maximum absolute atomic E-state index is 11.2. The summed E-state index contributed by atoms with van der Waals surface area (Å²) in [6, 6.07) is 1.72. The summed E-state index contributed by atoms with van der Waals surface area (Å²) in [5.74, 6) is 1.06. The largest absolute Gasteiger partial charge is 0.311 e. The van der Waals surface area contributed by atoms with Crippen molar-refractivity contribution < 1.29 is 4.79 Å². The van der Waals surface area contributed by atoms with Crippen LogP contribution in [0.2, 0.25) is 0 Å². The Morgan fingerprint density at radius 3 is 3.00 bits per heavy atom. The molecule has 0 bridgehead atoms. The summed E-state index contributed by atoms with van der Waals surface area (Å²) < 4.78 is 0. The quantitative estimate of drug-likeness (QED) is 0.714. The topological polar surface area (TPSA) is 57.8 Å². The molecular formula is C8H13N3O. The van der Waals surface area contributed by atoms with Crippen molar-refractivity contribution in [3.05, 3.63) is 12.3 Å². The van der Waals surface area contributed by atoms with Gasteiger partial charge < -0.3 is 5.32 Å². The van der Waals surface area contributed by atoms with Crippen LogP contribution in [0, 0.1) is 5.92 Å². The number of nitrogens with zero attached hydrogens (tertiary/aromatic N) is 1. The molecule has 0 radical (unpaired) electrons. The van der Waals surface area contributed by atoms with Crippen LogP contribution in [0.15, 0.2) is 12.3 Å². The minimum Gasteiger partial charge on any atom is -0.311 e. The molecule has 4 nitrogen and oxygen atoms in total. The van der Waals surface area contributed by atoms with Gasteiger partial charge in [0.1, 0.15) is 5.82 Å². The standard InChI is InChI=1S/C8H13N3O/c1-6(2)5-8(12)10-7-3-4-9-11-7/h3-4,6H,5H2,1-2H3,(H2,9,10,11,12). The Labute approximate surface area is 71.4 Å². The first-order valence-electron chi connectivity index (χ1n) is 3.97. The smallest absolute Gasteiger partial charge is 0.225 e. The van der Waals surface area contributed by atoms with Crippen LogP contribution < -0.4 is 5.32 Å².